The highest BCUT2D eigenvalue weighted by Gasteiger charge is 2.23. The van der Waals surface area contributed by atoms with E-state index in [2.05, 4.69) is 24.2 Å². The van der Waals surface area contributed by atoms with Crippen LogP contribution in [0.15, 0.2) is 24.3 Å². The van der Waals surface area contributed by atoms with Crippen LogP contribution in [0.2, 0.25) is 0 Å². The molecule has 0 saturated heterocycles. The molecule has 0 aliphatic rings. The topological polar surface area (TPSA) is 64.2 Å². The van der Waals surface area contributed by atoms with E-state index in [4.69, 9.17) is 5.73 Å². The Labute approximate surface area is 144 Å². The summed E-state index contributed by atoms with van der Waals surface area (Å²) in [6, 6.07) is 7.69. The van der Waals surface area contributed by atoms with Gasteiger partial charge < -0.3 is 10.6 Å². The third-order valence-corrected chi connectivity index (χ3v) is 4.56. The van der Waals surface area contributed by atoms with Crippen molar-refractivity contribution in [2.75, 3.05) is 7.05 Å². The van der Waals surface area contributed by atoms with Gasteiger partial charge in [-0.3, -0.25) is 4.79 Å². The van der Waals surface area contributed by atoms with Crippen molar-refractivity contribution in [1.82, 2.24) is 14.7 Å². The second-order valence-electron chi connectivity index (χ2n) is 6.81. The average Bonchev–Trinajstić information content (AvgIpc) is 2.81. The molecule has 1 heterocycles. The van der Waals surface area contributed by atoms with E-state index in [-0.39, 0.29) is 11.8 Å². The Kier molecular flexibility index (Phi) is 5.44. The van der Waals surface area contributed by atoms with Gasteiger partial charge in [0.05, 0.1) is 17.4 Å². The predicted octanol–water partition coefficient (Wildman–Crippen LogP) is 2.74. The Morgan fingerprint density at radius 3 is 2.46 bits per heavy atom. The smallest absolute Gasteiger partial charge is 0.239 e. The average molecular weight is 328 g/mol. The molecule has 0 bridgehead atoms. The van der Waals surface area contributed by atoms with Gasteiger partial charge >= 0.3 is 0 Å². The van der Waals surface area contributed by atoms with E-state index < -0.39 is 6.04 Å². The van der Waals surface area contributed by atoms with E-state index in [1.54, 1.807) is 11.9 Å². The Hall–Kier alpha value is -2.14. The number of likely N-dealkylation sites (N-methyl/N-ethyl adjacent to an activating group) is 1. The normalized spacial score (nSPS) is 12.5. The highest BCUT2D eigenvalue weighted by molar-refractivity contribution is 5.81. The molecule has 2 rings (SSSR count). The third-order valence-electron chi connectivity index (χ3n) is 4.56. The Balaban J connectivity index is 2.30. The predicted molar refractivity (Wildman–Crippen MR) is 97.1 cm³/mol. The maximum atomic E-state index is 12.4. The summed E-state index contributed by atoms with van der Waals surface area (Å²) in [4.78, 5) is 14.1. The summed E-state index contributed by atoms with van der Waals surface area (Å²) in [5.74, 6) is 0.0873. The van der Waals surface area contributed by atoms with Crippen molar-refractivity contribution in [3.8, 4) is 5.69 Å². The number of hydrogen-bond acceptors (Lipinski definition) is 3. The van der Waals surface area contributed by atoms with Crippen molar-refractivity contribution in [2.24, 2.45) is 11.7 Å². The number of para-hydroxylation sites is 1. The number of amides is 1. The van der Waals surface area contributed by atoms with Crippen LogP contribution in [0.25, 0.3) is 5.69 Å². The number of rotatable bonds is 5. The minimum Gasteiger partial charge on any atom is -0.340 e. The molecule has 1 amide bonds. The minimum absolute atomic E-state index is 0.0348. The fourth-order valence-electron chi connectivity index (χ4n) is 2.79. The molecule has 1 aromatic heterocycles. The molecule has 0 aliphatic heterocycles. The SMILES string of the molecule is Cc1ccccc1-n1nc(C)c(CN(C)C(=O)[C@@H](N)C(C)C)c1C. The first kappa shape index (κ1) is 18.2. The highest BCUT2D eigenvalue weighted by atomic mass is 16.2. The number of hydrogen-bond donors (Lipinski definition) is 1. The molecule has 2 N–H and O–H groups in total. The molecule has 0 radical (unpaired) electrons. The maximum absolute atomic E-state index is 12.4. The summed E-state index contributed by atoms with van der Waals surface area (Å²) in [6.45, 7) is 10.5. The lowest BCUT2D eigenvalue weighted by molar-refractivity contribution is -0.132. The Bertz CT molecular complexity index is 733. The number of benzene rings is 1. The van der Waals surface area contributed by atoms with Crippen LogP contribution < -0.4 is 5.73 Å². The molecule has 1 atom stereocenters. The van der Waals surface area contributed by atoms with Crippen LogP contribution in [-0.2, 0) is 11.3 Å². The molecule has 0 spiro atoms. The van der Waals surface area contributed by atoms with Crippen LogP contribution in [0.3, 0.4) is 0 Å². The fraction of sp³-hybridized carbons (Fsp3) is 0.474. The number of carbonyl (C=O) groups excluding carboxylic acids is 1. The minimum atomic E-state index is -0.470. The van der Waals surface area contributed by atoms with Crippen molar-refractivity contribution in [1.29, 1.82) is 0 Å². The Morgan fingerprint density at radius 2 is 1.88 bits per heavy atom. The molecular weight excluding hydrogens is 300 g/mol. The molecule has 1 aromatic carbocycles. The van der Waals surface area contributed by atoms with Crippen molar-refractivity contribution in [2.45, 2.75) is 47.2 Å². The molecule has 5 heteroatoms. The number of aromatic nitrogens is 2. The second kappa shape index (κ2) is 7.18. The lowest BCUT2D eigenvalue weighted by Crippen LogP contribution is -2.44. The highest BCUT2D eigenvalue weighted by Crippen LogP contribution is 2.21. The fourth-order valence-corrected chi connectivity index (χ4v) is 2.79. The molecule has 0 fully saturated rings. The standard InChI is InChI=1S/C19H28N4O/c1-12(2)18(20)19(24)22(6)11-16-14(4)21-23(15(16)5)17-10-8-7-9-13(17)3/h7-10,12,18H,11,20H2,1-6H3/t18-/m0/s1. The van der Waals surface area contributed by atoms with Crippen molar-refractivity contribution in [3.63, 3.8) is 0 Å². The molecule has 24 heavy (non-hydrogen) atoms. The van der Waals surface area contributed by atoms with Gasteiger partial charge in [0.15, 0.2) is 0 Å². The molecule has 0 unspecified atom stereocenters. The zero-order valence-electron chi connectivity index (χ0n) is 15.5. The van der Waals surface area contributed by atoms with Crippen LogP contribution >= 0.6 is 0 Å². The zero-order valence-corrected chi connectivity index (χ0v) is 15.5. The van der Waals surface area contributed by atoms with Gasteiger partial charge in [0, 0.05) is 24.8 Å². The maximum Gasteiger partial charge on any atom is 0.239 e. The van der Waals surface area contributed by atoms with Crippen molar-refractivity contribution in [3.05, 3.63) is 46.8 Å². The molecule has 130 valence electrons. The van der Waals surface area contributed by atoms with Gasteiger partial charge in [0.2, 0.25) is 5.91 Å². The van der Waals surface area contributed by atoms with Gasteiger partial charge in [0.25, 0.3) is 0 Å². The largest absolute Gasteiger partial charge is 0.340 e. The number of nitrogens with zero attached hydrogens (tertiary/aromatic N) is 3. The summed E-state index contributed by atoms with van der Waals surface area (Å²) < 4.78 is 1.96. The quantitative estimate of drug-likeness (QED) is 0.918. The van der Waals surface area contributed by atoms with Gasteiger partial charge in [0.1, 0.15) is 0 Å². The van der Waals surface area contributed by atoms with Crippen molar-refractivity contribution >= 4 is 5.91 Å². The first-order chi connectivity index (χ1) is 11.2. The van der Waals surface area contributed by atoms with Crippen molar-refractivity contribution < 1.29 is 4.79 Å². The summed E-state index contributed by atoms with van der Waals surface area (Å²) >= 11 is 0. The summed E-state index contributed by atoms with van der Waals surface area (Å²) in [6.07, 6.45) is 0. The molecule has 2 aromatic rings. The first-order valence-electron chi connectivity index (χ1n) is 8.35. The first-order valence-corrected chi connectivity index (χ1v) is 8.35. The molecule has 0 saturated carbocycles. The van der Waals surface area contributed by atoms with Gasteiger partial charge in [-0.25, -0.2) is 4.68 Å². The van der Waals surface area contributed by atoms with Gasteiger partial charge in [-0.1, -0.05) is 32.0 Å². The molecular formula is C19H28N4O. The van der Waals surface area contributed by atoms with Crippen LogP contribution in [0.5, 0.6) is 0 Å². The van der Waals surface area contributed by atoms with Gasteiger partial charge in [-0.05, 0) is 38.3 Å². The summed E-state index contributed by atoms with van der Waals surface area (Å²) in [5.41, 5.74) is 11.3. The van der Waals surface area contributed by atoms with Crippen LogP contribution in [0.1, 0.15) is 36.4 Å². The van der Waals surface area contributed by atoms with E-state index in [0.717, 1.165) is 22.6 Å². The van der Waals surface area contributed by atoms with E-state index in [1.807, 2.05) is 44.5 Å². The summed E-state index contributed by atoms with van der Waals surface area (Å²) in [5, 5.41) is 4.68. The van der Waals surface area contributed by atoms with Crippen LogP contribution in [-0.4, -0.2) is 33.7 Å². The molecule has 0 aliphatic carbocycles. The van der Waals surface area contributed by atoms with E-state index >= 15 is 0 Å². The Morgan fingerprint density at radius 1 is 1.25 bits per heavy atom. The van der Waals surface area contributed by atoms with E-state index in [9.17, 15) is 4.79 Å². The zero-order chi connectivity index (χ0) is 18.0. The van der Waals surface area contributed by atoms with Crippen LogP contribution in [0.4, 0.5) is 0 Å². The second-order valence-corrected chi connectivity index (χ2v) is 6.81. The van der Waals surface area contributed by atoms with E-state index in [0.29, 0.717) is 6.54 Å². The summed E-state index contributed by atoms with van der Waals surface area (Å²) in [7, 11) is 1.80. The van der Waals surface area contributed by atoms with Gasteiger partial charge in [-0.15, -0.1) is 0 Å². The van der Waals surface area contributed by atoms with Crippen LogP contribution in [0, 0.1) is 26.7 Å². The van der Waals surface area contributed by atoms with Gasteiger partial charge in [-0.2, -0.15) is 5.10 Å². The lowest BCUT2D eigenvalue weighted by Gasteiger charge is -2.23. The number of nitrogens with two attached hydrogens (primary N) is 1. The van der Waals surface area contributed by atoms with E-state index in [1.165, 1.54) is 5.56 Å². The molecule has 5 nitrogen and oxygen atoms in total. The number of aryl methyl sites for hydroxylation is 2. The monoisotopic (exact) mass is 328 g/mol. The lowest BCUT2D eigenvalue weighted by atomic mass is 10.0. The third kappa shape index (κ3) is 3.51. The number of carbonyl (C=O) groups is 1.